The van der Waals surface area contributed by atoms with Gasteiger partial charge in [0.2, 0.25) is 18.3 Å². The lowest BCUT2D eigenvalue weighted by Gasteiger charge is -2.19. The maximum atomic E-state index is 13.4. The average molecular weight is 550 g/mol. The van der Waals surface area contributed by atoms with Crippen molar-refractivity contribution >= 4 is 23.5 Å². The molecular weight excluding hydrogens is 527 g/mol. The van der Waals surface area contributed by atoms with Crippen LogP contribution in [0, 0.1) is 15.9 Å². The van der Waals surface area contributed by atoms with Crippen molar-refractivity contribution in [3.8, 4) is 23.0 Å². The minimum atomic E-state index is -0.648. The standard InChI is InChI=1S/C27H23FN4O8/c1-36-23-20(11-19-12-22(31-40-19)15-6-8-17(28)9-7-15)21(24(37-2)26-25(23)38-14-39-26)13-29-30-27(33)16-4-3-5-18(10-16)32(34)35/h3-10,13,19H,11-12,14H2,1-2H3,(H,30,33)/b29-13-/t19-/m1/s1. The fraction of sp³-hybridized carbons (Fsp3) is 0.222. The van der Waals surface area contributed by atoms with Crippen LogP contribution < -0.4 is 24.4 Å². The van der Waals surface area contributed by atoms with Gasteiger partial charge in [-0.05, 0) is 23.8 Å². The number of carbonyl (C=O) groups excluding carboxylic acids is 1. The summed E-state index contributed by atoms with van der Waals surface area (Å²) in [6.45, 7) is -0.0522. The topological polar surface area (TPSA) is 143 Å². The van der Waals surface area contributed by atoms with Gasteiger partial charge in [-0.1, -0.05) is 23.4 Å². The van der Waals surface area contributed by atoms with Crippen molar-refractivity contribution in [1.82, 2.24) is 5.43 Å². The van der Waals surface area contributed by atoms with E-state index >= 15 is 0 Å². The largest absolute Gasteiger partial charge is 0.492 e. The van der Waals surface area contributed by atoms with Gasteiger partial charge in [0.25, 0.3) is 11.6 Å². The number of nitrogens with zero attached hydrogens (tertiary/aromatic N) is 3. The predicted molar refractivity (Wildman–Crippen MR) is 140 cm³/mol. The number of hydrogen-bond donors (Lipinski definition) is 1. The minimum absolute atomic E-state index is 0.0522. The number of ether oxygens (including phenoxy) is 4. The van der Waals surface area contributed by atoms with Crippen LogP contribution in [0.5, 0.6) is 23.0 Å². The van der Waals surface area contributed by atoms with Crippen molar-refractivity contribution in [2.45, 2.75) is 18.9 Å². The number of rotatable bonds is 9. The SMILES string of the molecule is COc1c(/C=N\NC(=O)c2cccc([N+](=O)[O-])c2)c(C[C@@H]2CC(c3ccc(F)cc3)=NO2)c(OC)c2c1OCO2. The summed E-state index contributed by atoms with van der Waals surface area (Å²) in [6, 6.07) is 11.2. The number of methoxy groups -OCH3 is 2. The summed E-state index contributed by atoms with van der Waals surface area (Å²) in [5, 5.41) is 19.3. The smallest absolute Gasteiger partial charge is 0.271 e. The molecule has 40 heavy (non-hydrogen) atoms. The molecule has 1 amide bonds. The van der Waals surface area contributed by atoms with Crippen LogP contribution in [0.4, 0.5) is 10.1 Å². The molecule has 13 heteroatoms. The molecule has 206 valence electrons. The van der Waals surface area contributed by atoms with Crippen LogP contribution in [0.25, 0.3) is 0 Å². The molecule has 0 bridgehead atoms. The number of nitro benzene ring substituents is 1. The average Bonchev–Trinajstić information content (AvgIpc) is 3.64. The zero-order valence-corrected chi connectivity index (χ0v) is 21.4. The molecule has 0 aromatic heterocycles. The first-order valence-corrected chi connectivity index (χ1v) is 12.0. The van der Waals surface area contributed by atoms with Gasteiger partial charge < -0.3 is 23.8 Å². The molecule has 5 rings (SSSR count). The molecule has 0 fully saturated rings. The Balaban J connectivity index is 1.43. The number of non-ortho nitro benzene ring substituents is 1. The van der Waals surface area contributed by atoms with E-state index in [0.29, 0.717) is 46.3 Å². The molecule has 0 aliphatic carbocycles. The molecule has 0 radical (unpaired) electrons. The third-order valence-corrected chi connectivity index (χ3v) is 6.30. The first-order valence-electron chi connectivity index (χ1n) is 12.0. The Labute approximate surface area is 227 Å². The Kier molecular flexibility index (Phi) is 7.44. The van der Waals surface area contributed by atoms with E-state index in [4.69, 9.17) is 23.8 Å². The molecule has 2 aliphatic rings. The van der Waals surface area contributed by atoms with Gasteiger partial charge in [0.1, 0.15) is 11.9 Å². The van der Waals surface area contributed by atoms with Gasteiger partial charge >= 0.3 is 0 Å². The number of nitro groups is 1. The second-order valence-electron chi connectivity index (χ2n) is 8.71. The van der Waals surface area contributed by atoms with Crippen LogP contribution in [0.3, 0.4) is 0 Å². The highest BCUT2D eigenvalue weighted by molar-refractivity contribution is 6.01. The van der Waals surface area contributed by atoms with Crippen molar-refractivity contribution in [3.05, 3.63) is 86.7 Å². The van der Waals surface area contributed by atoms with Crippen LogP contribution in [-0.2, 0) is 11.3 Å². The van der Waals surface area contributed by atoms with Gasteiger partial charge in [-0.15, -0.1) is 0 Å². The van der Waals surface area contributed by atoms with Crippen molar-refractivity contribution < 1.29 is 37.9 Å². The highest BCUT2D eigenvalue weighted by Gasteiger charge is 2.34. The lowest BCUT2D eigenvalue weighted by Crippen LogP contribution is -2.18. The number of hydrazone groups is 1. The first kappa shape index (κ1) is 26.4. The molecule has 0 spiro atoms. The number of fused-ring (bicyclic) bond motifs is 1. The quantitative estimate of drug-likeness (QED) is 0.239. The highest BCUT2D eigenvalue weighted by Crippen LogP contribution is 2.52. The van der Waals surface area contributed by atoms with E-state index in [1.807, 2.05) is 0 Å². The normalized spacial score (nSPS) is 15.5. The van der Waals surface area contributed by atoms with E-state index < -0.39 is 16.9 Å². The Bertz CT molecular complexity index is 1520. The van der Waals surface area contributed by atoms with Crippen LogP contribution in [-0.4, -0.2) is 49.9 Å². The van der Waals surface area contributed by atoms with E-state index in [9.17, 15) is 19.3 Å². The van der Waals surface area contributed by atoms with E-state index in [1.54, 1.807) is 12.1 Å². The fourth-order valence-corrected chi connectivity index (χ4v) is 4.45. The molecule has 0 saturated carbocycles. The van der Waals surface area contributed by atoms with E-state index in [-0.39, 0.29) is 30.3 Å². The zero-order chi connectivity index (χ0) is 28.2. The van der Waals surface area contributed by atoms with Crippen molar-refractivity contribution in [1.29, 1.82) is 0 Å². The highest BCUT2D eigenvalue weighted by atomic mass is 19.1. The second-order valence-corrected chi connectivity index (χ2v) is 8.71. The third kappa shape index (κ3) is 5.21. The van der Waals surface area contributed by atoms with Gasteiger partial charge in [0.05, 0.1) is 31.1 Å². The van der Waals surface area contributed by atoms with Crippen LogP contribution in [0.2, 0.25) is 0 Å². The van der Waals surface area contributed by atoms with Crippen molar-refractivity contribution in [2.75, 3.05) is 21.0 Å². The summed E-state index contributed by atoms with van der Waals surface area (Å²) in [4.78, 5) is 28.8. The van der Waals surface area contributed by atoms with Crippen LogP contribution >= 0.6 is 0 Å². The molecule has 1 N–H and O–H groups in total. The van der Waals surface area contributed by atoms with E-state index in [2.05, 4.69) is 15.7 Å². The number of benzene rings is 3. The lowest BCUT2D eigenvalue weighted by atomic mass is 9.95. The fourth-order valence-electron chi connectivity index (χ4n) is 4.45. The second kappa shape index (κ2) is 11.3. The van der Waals surface area contributed by atoms with Crippen molar-refractivity contribution in [3.63, 3.8) is 0 Å². The number of nitrogens with one attached hydrogen (secondary N) is 1. The number of carbonyl (C=O) groups is 1. The number of hydrogen-bond acceptors (Lipinski definition) is 10. The number of oxime groups is 1. The van der Waals surface area contributed by atoms with Gasteiger partial charge in [0.15, 0.2) is 11.5 Å². The predicted octanol–water partition coefficient (Wildman–Crippen LogP) is 3.98. The maximum Gasteiger partial charge on any atom is 0.271 e. The lowest BCUT2D eigenvalue weighted by molar-refractivity contribution is -0.384. The van der Waals surface area contributed by atoms with Gasteiger partial charge in [0, 0.05) is 41.7 Å². The molecule has 1 atom stereocenters. The number of amides is 1. The summed E-state index contributed by atoms with van der Waals surface area (Å²) in [6.07, 6.45) is 1.67. The number of halogens is 1. The van der Waals surface area contributed by atoms with Gasteiger partial charge in [-0.2, -0.15) is 5.10 Å². The van der Waals surface area contributed by atoms with Crippen molar-refractivity contribution in [2.24, 2.45) is 10.3 Å². The van der Waals surface area contributed by atoms with Gasteiger partial charge in [-0.25, -0.2) is 9.82 Å². The van der Waals surface area contributed by atoms with E-state index in [1.165, 1.54) is 50.8 Å². The summed E-state index contributed by atoms with van der Waals surface area (Å²) in [7, 11) is 2.93. The summed E-state index contributed by atoms with van der Waals surface area (Å²) in [5.41, 5.74) is 4.65. The summed E-state index contributed by atoms with van der Waals surface area (Å²) < 4.78 is 36.0. The molecular formula is C27H23FN4O8. The van der Waals surface area contributed by atoms with Crippen LogP contribution in [0.1, 0.15) is 33.5 Å². The molecule has 12 nitrogen and oxygen atoms in total. The Morgan fingerprint density at radius 1 is 1.18 bits per heavy atom. The molecule has 3 aromatic rings. The molecule has 2 aliphatic heterocycles. The maximum absolute atomic E-state index is 13.4. The molecule has 0 saturated heterocycles. The van der Waals surface area contributed by atoms with E-state index in [0.717, 1.165) is 11.6 Å². The third-order valence-electron chi connectivity index (χ3n) is 6.30. The monoisotopic (exact) mass is 550 g/mol. The first-order chi connectivity index (χ1) is 19.4. The Morgan fingerprint density at radius 2 is 1.90 bits per heavy atom. The summed E-state index contributed by atoms with van der Waals surface area (Å²) in [5.74, 6) is 0.339. The zero-order valence-electron chi connectivity index (χ0n) is 21.4. The van der Waals surface area contributed by atoms with Gasteiger partial charge in [-0.3, -0.25) is 14.9 Å². The van der Waals surface area contributed by atoms with Crippen LogP contribution in [0.15, 0.2) is 58.8 Å². The molecule has 3 aromatic carbocycles. The minimum Gasteiger partial charge on any atom is -0.492 e. The Morgan fingerprint density at radius 3 is 2.60 bits per heavy atom. The Hall–Kier alpha value is -5.20. The molecule has 0 unspecified atom stereocenters. The summed E-state index contributed by atoms with van der Waals surface area (Å²) >= 11 is 0. The molecule has 2 heterocycles.